The molecule has 3 nitrogen and oxygen atoms in total. The van der Waals surface area contributed by atoms with Crippen LogP contribution in [0.5, 0.6) is 0 Å². The van der Waals surface area contributed by atoms with E-state index in [0.29, 0.717) is 0 Å². The minimum atomic E-state index is 0.261. The molecule has 1 atom stereocenters. The zero-order valence-corrected chi connectivity index (χ0v) is 10.0. The Balaban J connectivity index is 2.21. The molecule has 0 spiro atoms. The van der Waals surface area contributed by atoms with Crippen LogP contribution in [0.15, 0.2) is 49.2 Å². The molecule has 2 aliphatic rings. The van der Waals surface area contributed by atoms with Crippen LogP contribution in [0.3, 0.4) is 0 Å². The van der Waals surface area contributed by atoms with Gasteiger partial charge in [0.05, 0.1) is 0 Å². The van der Waals surface area contributed by atoms with Gasteiger partial charge in [0.1, 0.15) is 12.0 Å². The van der Waals surface area contributed by atoms with Gasteiger partial charge in [-0.3, -0.25) is 0 Å². The summed E-state index contributed by atoms with van der Waals surface area (Å²) in [6.45, 7) is 7.15. The predicted molar refractivity (Wildman–Crippen MR) is 66.9 cm³/mol. The fourth-order valence-electron chi connectivity index (χ4n) is 2.14. The van der Waals surface area contributed by atoms with E-state index >= 15 is 0 Å². The molecule has 3 heteroatoms. The van der Waals surface area contributed by atoms with Gasteiger partial charge < -0.3 is 14.7 Å². The van der Waals surface area contributed by atoms with Gasteiger partial charge in [0.25, 0.3) is 0 Å². The number of allylic oxidation sites excluding steroid dienone is 2. The van der Waals surface area contributed by atoms with E-state index in [1.54, 1.807) is 0 Å². The maximum atomic E-state index is 3.90. The van der Waals surface area contributed by atoms with Crippen LogP contribution in [-0.2, 0) is 0 Å². The van der Waals surface area contributed by atoms with Crippen LogP contribution in [0.4, 0.5) is 0 Å². The van der Waals surface area contributed by atoms with Crippen molar-refractivity contribution in [1.29, 1.82) is 0 Å². The summed E-state index contributed by atoms with van der Waals surface area (Å²) in [4.78, 5) is 6.65. The van der Waals surface area contributed by atoms with Gasteiger partial charge >= 0.3 is 0 Å². The van der Waals surface area contributed by atoms with E-state index in [1.165, 1.54) is 5.82 Å². The molecule has 0 radical (unpaired) electrons. The van der Waals surface area contributed by atoms with Crippen molar-refractivity contribution in [3.8, 4) is 0 Å². The standard InChI is InChI=1S/C13H19N3/c1-4-9-14(3)13-11-15-10-7-6-8-12(15)16(13)5-2/h5-8,10-12H,2,4,9H2,1,3H3. The highest BCUT2D eigenvalue weighted by atomic mass is 15.5. The van der Waals surface area contributed by atoms with Crippen LogP contribution in [0.25, 0.3) is 0 Å². The quantitative estimate of drug-likeness (QED) is 0.715. The summed E-state index contributed by atoms with van der Waals surface area (Å²) in [6.07, 6.45) is 13.9. The molecule has 2 rings (SSSR count). The molecule has 2 aliphatic heterocycles. The van der Waals surface area contributed by atoms with Crippen molar-refractivity contribution >= 4 is 0 Å². The van der Waals surface area contributed by atoms with Crippen molar-refractivity contribution in [3.63, 3.8) is 0 Å². The van der Waals surface area contributed by atoms with Crippen molar-refractivity contribution in [1.82, 2.24) is 14.7 Å². The molecule has 0 aromatic rings. The zero-order valence-electron chi connectivity index (χ0n) is 10.0. The fraction of sp³-hybridized carbons (Fsp3) is 0.385. The number of fused-ring (bicyclic) bond motifs is 1. The second-order valence-corrected chi connectivity index (χ2v) is 4.09. The third kappa shape index (κ3) is 1.73. The fourth-order valence-corrected chi connectivity index (χ4v) is 2.14. The Morgan fingerprint density at radius 3 is 3.00 bits per heavy atom. The first-order chi connectivity index (χ1) is 7.77. The molecule has 0 saturated carbocycles. The Labute approximate surface area is 97.6 Å². The molecule has 2 heterocycles. The Hall–Kier alpha value is -1.64. The molecule has 0 aliphatic carbocycles. The van der Waals surface area contributed by atoms with Gasteiger partial charge in [0.15, 0.2) is 0 Å². The van der Waals surface area contributed by atoms with Crippen molar-refractivity contribution < 1.29 is 0 Å². The Morgan fingerprint density at radius 2 is 2.31 bits per heavy atom. The van der Waals surface area contributed by atoms with Gasteiger partial charge in [-0.15, -0.1) is 0 Å². The Morgan fingerprint density at radius 1 is 1.50 bits per heavy atom. The summed E-state index contributed by atoms with van der Waals surface area (Å²) in [5, 5.41) is 0. The Bertz CT molecular complexity index is 354. The molecular formula is C13H19N3. The largest absolute Gasteiger partial charge is 0.360 e. The molecule has 0 bridgehead atoms. The molecule has 0 amide bonds. The van der Waals surface area contributed by atoms with Gasteiger partial charge in [0.2, 0.25) is 0 Å². The number of hydrogen-bond donors (Lipinski definition) is 0. The summed E-state index contributed by atoms with van der Waals surface area (Å²) in [6, 6.07) is 0. The SMILES string of the molecule is C=CN1C(N(C)CCC)=CN2C=CC=CC21. The van der Waals surface area contributed by atoms with Crippen LogP contribution in [0.2, 0.25) is 0 Å². The maximum absolute atomic E-state index is 3.90. The van der Waals surface area contributed by atoms with Crippen molar-refractivity contribution in [2.75, 3.05) is 13.6 Å². The Kier molecular flexibility index (Phi) is 3.04. The lowest BCUT2D eigenvalue weighted by Crippen LogP contribution is -2.36. The van der Waals surface area contributed by atoms with E-state index < -0.39 is 0 Å². The van der Waals surface area contributed by atoms with Crippen LogP contribution in [0, 0.1) is 0 Å². The number of hydrogen-bond acceptors (Lipinski definition) is 3. The van der Waals surface area contributed by atoms with E-state index in [0.717, 1.165) is 13.0 Å². The van der Waals surface area contributed by atoms with Crippen LogP contribution in [0.1, 0.15) is 13.3 Å². The minimum Gasteiger partial charge on any atom is -0.360 e. The second kappa shape index (κ2) is 4.47. The average molecular weight is 217 g/mol. The topological polar surface area (TPSA) is 9.72 Å². The van der Waals surface area contributed by atoms with Gasteiger partial charge in [-0.1, -0.05) is 19.6 Å². The highest BCUT2D eigenvalue weighted by molar-refractivity contribution is 5.24. The molecule has 0 aromatic heterocycles. The maximum Gasteiger partial charge on any atom is 0.130 e. The van der Waals surface area contributed by atoms with E-state index in [9.17, 15) is 0 Å². The van der Waals surface area contributed by atoms with Gasteiger partial charge in [-0.2, -0.15) is 0 Å². The zero-order chi connectivity index (χ0) is 11.5. The lowest BCUT2D eigenvalue weighted by molar-refractivity contribution is 0.237. The van der Waals surface area contributed by atoms with Crippen LogP contribution >= 0.6 is 0 Å². The first kappa shape index (κ1) is 10.9. The van der Waals surface area contributed by atoms with E-state index in [2.05, 4.69) is 65.9 Å². The van der Waals surface area contributed by atoms with Gasteiger partial charge in [0, 0.05) is 32.2 Å². The lowest BCUT2D eigenvalue weighted by atomic mass is 10.3. The van der Waals surface area contributed by atoms with E-state index in [4.69, 9.17) is 0 Å². The summed E-state index contributed by atoms with van der Waals surface area (Å²) in [7, 11) is 2.12. The third-order valence-electron chi connectivity index (χ3n) is 2.92. The highest BCUT2D eigenvalue weighted by Crippen LogP contribution is 2.27. The minimum absolute atomic E-state index is 0.261. The normalized spacial score (nSPS) is 22.1. The molecule has 16 heavy (non-hydrogen) atoms. The van der Waals surface area contributed by atoms with Crippen molar-refractivity contribution in [3.05, 3.63) is 49.2 Å². The van der Waals surface area contributed by atoms with Crippen molar-refractivity contribution in [2.24, 2.45) is 0 Å². The third-order valence-corrected chi connectivity index (χ3v) is 2.92. The first-order valence-electron chi connectivity index (χ1n) is 5.74. The number of nitrogens with zero attached hydrogens (tertiary/aromatic N) is 3. The molecule has 86 valence electrons. The summed E-state index contributed by atoms with van der Waals surface area (Å²) in [5.74, 6) is 1.21. The molecule has 1 unspecified atom stereocenters. The van der Waals surface area contributed by atoms with Crippen LogP contribution in [-0.4, -0.2) is 34.5 Å². The summed E-state index contributed by atoms with van der Waals surface area (Å²) >= 11 is 0. The monoisotopic (exact) mass is 217 g/mol. The predicted octanol–water partition coefficient (Wildman–Crippen LogP) is 2.30. The van der Waals surface area contributed by atoms with Crippen molar-refractivity contribution in [2.45, 2.75) is 19.5 Å². The molecule has 0 saturated heterocycles. The molecule has 0 fully saturated rings. The van der Waals surface area contributed by atoms with E-state index in [-0.39, 0.29) is 6.17 Å². The van der Waals surface area contributed by atoms with Gasteiger partial charge in [-0.25, -0.2) is 0 Å². The average Bonchev–Trinajstić information content (AvgIpc) is 2.67. The van der Waals surface area contributed by atoms with E-state index in [1.807, 2.05) is 6.20 Å². The molecule has 0 aromatic carbocycles. The smallest absolute Gasteiger partial charge is 0.130 e. The second-order valence-electron chi connectivity index (χ2n) is 4.09. The molecule has 0 N–H and O–H groups in total. The highest BCUT2D eigenvalue weighted by Gasteiger charge is 2.29. The first-order valence-corrected chi connectivity index (χ1v) is 5.74. The van der Waals surface area contributed by atoms with Crippen LogP contribution < -0.4 is 0 Å². The van der Waals surface area contributed by atoms with Gasteiger partial charge in [-0.05, 0) is 18.6 Å². The number of rotatable bonds is 4. The summed E-state index contributed by atoms with van der Waals surface area (Å²) in [5.41, 5.74) is 0. The lowest BCUT2D eigenvalue weighted by Gasteiger charge is -2.31. The summed E-state index contributed by atoms with van der Waals surface area (Å²) < 4.78 is 0. The molecular weight excluding hydrogens is 198 g/mol.